The first-order valence-electron chi connectivity index (χ1n) is 16.2. The maximum absolute atomic E-state index is 8.35. The number of hydrogen-bond donors (Lipinski definition) is 0. The first-order valence-corrected chi connectivity index (χ1v) is 20.1. The van der Waals surface area contributed by atoms with Gasteiger partial charge in [-0.1, -0.05) is 99.0 Å². The minimum absolute atomic E-state index is 0. The van der Waals surface area contributed by atoms with Crippen LogP contribution in [-0.4, -0.2) is 18.0 Å². The minimum atomic E-state index is -1.23. The Morgan fingerprint density at radius 1 is 0.766 bits per heavy atom. The molecule has 47 heavy (non-hydrogen) atoms. The summed E-state index contributed by atoms with van der Waals surface area (Å²) in [6.07, 6.45) is 3.81. The molecule has 0 saturated heterocycles. The third kappa shape index (κ3) is 7.55. The second kappa shape index (κ2) is 14.6. The minimum Gasteiger partial charge on any atom is -0.305 e. The van der Waals surface area contributed by atoms with Gasteiger partial charge in [-0.2, -0.15) is 11.3 Å². The van der Waals surface area contributed by atoms with Crippen LogP contribution >= 0.6 is 11.3 Å². The molecule has 2 nitrogen and oxygen atoms in total. The van der Waals surface area contributed by atoms with Crippen molar-refractivity contribution in [3.05, 3.63) is 138 Å². The van der Waals surface area contributed by atoms with Crippen LogP contribution in [0.25, 0.3) is 53.8 Å². The van der Waals surface area contributed by atoms with Crippen molar-refractivity contribution in [2.45, 2.75) is 53.2 Å². The van der Waals surface area contributed by atoms with Crippen molar-refractivity contribution in [2.75, 3.05) is 0 Å². The van der Waals surface area contributed by atoms with Crippen LogP contribution in [-0.2, 0) is 20.1 Å². The Morgan fingerprint density at radius 3 is 2.19 bits per heavy atom. The summed E-state index contributed by atoms with van der Waals surface area (Å²) in [5.74, 6) is -0.656. The summed E-state index contributed by atoms with van der Waals surface area (Å²) >= 11 is 1.83. The third-order valence-electron chi connectivity index (χ3n) is 8.41. The van der Waals surface area contributed by atoms with Gasteiger partial charge in [0, 0.05) is 38.6 Å². The molecule has 0 atom stereocenters. The second-order valence-electron chi connectivity index (χ2n) is 13.1. The number of hydrogen-bond acceptors (Lipinski definition) is 3. The molecule has 5 heteroatoms. The first-order chi connectivity index (χ1) is 22.4. The number of aryl methyl sites for hydroxylation is 2. The third-order valence-corrected chi connectivity index (χ3v) is 11.6. The fourth-order valence-corrected chi connectivity index (χ4v) is 7.98. The van der Waals surface area contributed by atoms with Gasteiger partial charge in [0.2, 0.25) is 0 Å². The number of pyridine rings is 2. The summed E-state index contributed by atoms with van der Waals surface area (Å²) in [5.41, 5.74) is 10.1. The fourth-order valence-electron chi connectivity index (χ4n) is 5.76. The zero-order chi connectivity index (χ0) is 33.3. The molecule has 3 heterocycles. The quantitative estimate of drug-likeness (QED) is 0.128. The number of thiophene rings is 1. The van der Waals surface area contributed by atoms with E-state index in [1.165, 1.54) is 47.6 Å². The molecule has 0 bridgehead atoms. The molecule has 7 rings (SSSR count). The molecular weight excluding hydrogens is 785 g/mol. The molecule has 0 N–H and O–H groups in total. The van der Waals surface area contributed by atoms with Gasteiger partial charge in [-0.15, -0.1) is 59.7 Å². The Balaban J connectivity index is 0.000000224. The predicted molar refractivity (Wildman–Crippen MR) is 202 cm³/mol. The van der Waals surface area contributed by atoms with Gasteiger partial charge in [0.05, 0.1) is 8.07 Å². The van der Waals surface area contributed by atoms with Crippen molar-refractivity contribution in [3.63, 3.8) is 0 Å². The molecule has 0 aliphatic heterocycles. The monoisotopic (exact) mass is 826 g/mol. The van der Waals surface area contributed by atoms with E-state index in [9.17, 15) is 0 Å². The maximum Gasteiger partial charge on any atom is 0.0795 e. The van der Waals surface area contributed by atoms with Crippen molar-refractivity contribution in [1.82, 2.24) is 9.97 Å². The average Bonchev–Trinajstić information content (AvgIpc) is 3.44. The summed E-state index contributed by atoms with van der Waals surface area (Å²) in [6, 6.07) is 40.2. The number of benzene rings is 4. The molecule has 239 valence electrons. The Morgan fingerprint density at radius 2 is 1.53 bits per heavy atom. The molecular formula is C42H40IrN2SSi-2. The van der Waals surface area contributed by atoms with Crippen LogP contribution in [0.5, 0.6) is 0 Å². The summed E-state index contributed by atoms with van der Waals surface area (Å²) in [5, 5.41) is 3.90. The number of fused-ring (bicyclic) bond motifs is 3. The predicted octanol–water partition coefficient (Wildman–Crippen LogP) is 11.4. The zero-order valence-corrected chi connectivity index (χ0v) is 32.2. The van der Waals surface area contributed by atoms with E-state index in [0.29, 0.717) is 0 Å². The Hall–Kier alpha value is -3.73. The zero-order valence-electron chi connectivity index (χ0n) is 29.0. The van der Waals surface area contributed by atoms with Gasteiger partial charge in [0.1, 0.15) is 0 Å². The van der Waals surface area contributed by atoms with E-state index in [-0.39, 0.29) is 20.1 Å². The Labute approximate surface area is 299 Å². The maximum atomic E-state index is 8.35. The van der Waals surface area contributed by atoms with Crippen molar-refractivity contribution in [3.8, 4) is 33.6 Å². The van der Waals surface area contributed by atoms with Gasteiger partial charge in [0.25, 0.3) is 0 Å². The molecule has 0 aliphatic carbocycles. The second-order valence-corrected chi connectivity index (χ2v) is 19.2. The van der Waals surface area contributed by atoms with Gasteiger partial charge in [0.15, 0.2) is 0 Å². The van der Waals surface area contributed by atoms with Gasteiger partial charge >= 0.3 is 0 Å². The van der Waals surface area contributed by atoms with E-state index in [1.807, 2.05) is 67.8 Å². The van der Waals surface area contributed by atoms with Crippen LogP contribution < -0.4 is 5.19 Å². The Bertz CT molecular complexity index is 2160. The van der Waals surface area contributed by atoms with Crippen molar-refractivity contribution >= 4 is 44.8 Å². The summed E-state index contributed by atoms with van der Waals surface area (Å²) in [7, 11) is -1.23. The van der Waals surface area contributed by atoms with E-state index < -0.39 is 14.0 Å². The fraction of sp³-hybridized carbons (Fsp3) is 0.190. The molecule has 7 aromatic rings. The smallest absolute Gasteiger partial charge is 0.0795 e. The van der Waals surface area contributed by atoms with Crippen molar-refractivity contribution in [1.29, 1.82) is 0 Å². The van der Waals surface area contributed by atoms with Gasteiger partial charge in [-0.3, -0.25) is 0 Å². The van der Waals surface area contributed by atoms with Crippen molar-refractivity contribution < 1.29 is 21.5 Å². The molecule has 3 aromatic heterocycles. The van der Waals surface area contributed by atoms with Crippen LogP contribution in [0.3, 0.4) is 0 Å². The summed E-state index contributed by atoms with van der Waals surface area (Å²) in [4.78, 5) is 9.09. The van der Waals surface area contributed by atoms with E-state index in [0.717, 1.165) is 28.1 Å². The molecule has 1 radical (unpaired) electrons. The van der Waals surface area contributed by atoms with Crippen LogP contribution in [0.2, 0.25) is 19.6 Å². The van der Waals surface area contributed by atoms with Crippen LogP contribution in [0, 0.1) is 26.0 Å². The molecule has 0 unspecified atom stereocenters. The summed E-state index contributed by atoms with van der Waals surface area (Å²) in [6.45, 7) is 15.2. The number of rotatable bonds is 5. The summed E-state index contributed by atoms with van der Waals surface area (Å²) < 4.78 is 10.9. The Kier molecular flexibility index (Phi) is 10.3. The number of aromatic nitrogens is 2. The van der Waals surface area contributed by atoms with Crippen LogP contribution in [0.15, 0.2) is 109 Å². The van der Waals surface area contributed by atoms with Crippen molar-refractivity contribution in [2.24, 2.45) is 0 Å². The van der Waals surface area contributed by atoms with Gasteiger partial charge in [-0.05, 0) is 74.7 Å². The average molecular weight is 826 g/mol. The number of nitrogens with zero attached hydrogens (tertiary/aromatic N) is 2. The van der Waals surface area contributed by atoms with Gasteiger partial charge in [-0.25, -0.2) is 0 Å². The van der Waals surface area contributed by atoms with E-state index in [4.69, 9.17) is 1.37 Å². The molecule has 0 aliphatic rings. The van der Waals surface area contributed by atoms with E-state index in [1.54, 1.807) is 6.20 Å². The SMILES string of the molecule is C[Si](C)(C)c1ccc(-c2[c-]cccc2)nc1.[2H]C(C)(C)c1ccnc(-c2[c-]cc3sc4c(-c5c(C)cccc5C)cccc4c3c2)c1.[Ir]. The standard InChI is InChI=1S/C28H24NS.C14H16NSi.Ir/c1-17(2)20-13-14-29-25(16-20)21-11-12-26-24(15-21)22-9-6-10-23(28(22)30-26)27-18(3)7-5-8-19(27)4;1-16(2,3)13-9-10-14(15-11-13)12-7-5-4-6-8-12;/h5-10,12-17H,1-4H3;4-7,9-11H,1-3H3;/q2*-1;/i17D;;. The molecule has 0 amide bonds. The van der Waals surface area contributed by atoms with E-state index >= 15 is 0 Å². The molecule has 0 saturated carbocycles. The molecule has 4 aromatic carbocycles. The van der Waals surface area contributed by atoms with E-state index in [2.05, 4.69) is 116 Å². The van der Waals surface area contributed by atoms with Crippen LogP contribution in [0.4, 0.5) is 0 Å². The van der Waals surface area contributed by atoms with Crippen LogP contribution in [0.1, 0.15) is 37.8 Å². The molecule has 0 fully saturated rings. The topological polar surface area (TPSA) is 25.8 Å². The molecule has 0 spiro atoms. The normalized spacial score (nSPS) is 11.9. The van der Waals surface area contributed by atoms with Gasteiger partial charge < -0.3 is 9.97 Å². The first kappa shape index (κ1) is 33.2. The largest absolute Gasteiger partial charge is 0.305 e.